The molecule has 0 saturated carbocycles. The minimum absolute atomic E-state index is 0.171. The van der Waals surface area contributed by atoms with Gasteiger partial charge in [0.15, 0.2) is 0 Å². The zero-order valence-corrected chi connectivity index (χ0v) is 15.8. The second-order valence-electron chi connectivity index (χ2n) is 6.07. The maximum atomic E-state index is 12.3. The molecule has 0 aromatic heterocycles. The second kappa shape index (κ2) is 9.10. The molecule has 1 amide bonds. The van der Waals surface area contributed by atoms with Crippen LogP contribution in [0.2, 0.25) is 5.02 Å². The molecule has 0 spiro atoms. The number of carbonyl (C=O) groups excluding carboxylic acids is 1. The van der Waals surface area contributed by atoms with Crippen LogP contribution < -0.4 is 15.4 Å². The van der Waals surface area contributed by atoms with Crippen LogP contribution in [0.1, 0.15) is 15.9 Å². The Morgan fingerprint density at radius 1 is 0.963 bits per heavy atom. The van der Waals surface area contributed by atoms with E-state index in [1.165, 1.54) is 5.56 Å². The predicted molar refractivity (Wildman–Crippen MR) is 111 cm³/mol. The molecule has 3 rings (SSSR count). The van der Waals surface area contributed by atoms with Crippen molar-refractivity contribution in [3.63, 3.8) is 0 Å². The van der Waals surface area contributed by atoms with Crippen LogP contribution in [0, 0.1) is 0 Å². The van der Waals surface area contributed by atoms with Crippen LogP contribution in [0.5, 0.6) is 5.75 Å². The van der Waals surface area contributed by atoms with E-state index in [9.17, 15) is 4.79 Å². The van der Waals surface area contributed by atoms with E-state index in [1.807, 2.05) is 42.5 Å². The monoisotopic (exact) mass is 380 g/mol. The molecule has 0 fully saturated rings. The number of anilines is 2. The number of nitrogens with one attached hydrogen (secondary N) is 2. The van der Waals surface area contributed by atoms with E-state index in [4.69, 9.17) is 16.3 Å². The second-order valence-corrected chi connectivity index (χ2v) is 6.51. The van der Waals surface area contributed by atoms with Gasteiger partial charge in [-0.3, -0.25) is 4.79 Å². The summed E-state index contributed by atoms with van der Waals surface area (Å²) in [5.41, 5.74) is 3.48. The Hall–Kier alpha value is -2.98. The van der Waals surface area contributed by atoms with Gasteiger partial charge in [0.1, 0.15) is 5.75 Å². The van der Waals surface area contributed by atoms with Crippen molar-refractivity contribution in [1.29, 1.82) is 0 Å². The summed E-state index contributed by atoms with van der Waals surface area (Å²) in [6.45, 7) is 0.801. The zero-order valence-electron chi connectivity index (χ0n) is 15.0. The summed E-state index contributed by atoms with van der Waals surface area (Å²) in [7, 11) is 1.58. The molecule has 0 aliphatic carbocycles. The van der Waals surface area contributed by atoms with Crippen LogP contribution in [0.3, 0.4) is 0 Å². The van der Waals surface area contributed by atoms with Gasteiger partial charge in [-0.25, -0.2) is 0 Å². The summed E-state index contributed by atoms with van der Waals surface area (Å²) >= 11 is 6.00. The molecule has 0 heterocycles. The zero-order chi connectivity index (χ0) is 19.1. The maximum absolute atomic E-state index is 12.3. The minimum Gasteiger partial charge on any atom is -0.497 e. The van der Waals surface area contributed by atoms with Crippen molar-refractivity contribution < 1.29 is 9.53 Å². The van der Waals surface area contributed by atoms with Gasteiger partial charge in [0.25, 0.3) is 5.91 Å². The van der Waals surface area contributed by atoms with Crippen LogP contribution in [-0.2, 0) is 6.42 Å². The molecule has 27 heavy (non-hydrogen) atoms. The molecule has 0 unspecified atom stereocenters. The summed E-state index contributed by atoms with van der Waals surface area (Å²) in [6, 6.07) is 22.6. The van der Waals surface area contributed by atoms with Gasteiger partial charge >= 0.3 is 0 Å². The number of ether oxygens (including phenoxy) is 1. The summed E-state index contributed by atoms with van der Waals surface area (Å²) in [4.78, 5) is 12.3. The quantitative estimate of drug-likeness (QED) is 0.588. The average Bonchev–Trinajstić information content (AvgIpc) is 2.69. The first-order valence-electron chi connectivity index (χ1n) is 8.68. The SMILES string of the molecule is COc1cccc(C(=O)Nc2ccc(NCCc3cccc(Cl)c3)cc2)c1. The highest BCUT2D eigenvalue weighted by Crippen LogP contribution is 2.17. The van der Waals surface area contributed by atoms with Crippen molar-refractivity contribution in [2.75, 3.05) is 24.3 Å². The topological polar surface area (TPSA) is 50.4 Å². The molecule has 138 valence electrons. The van der Waals surface area contributed by atoms with Gasteiger partial charge in [-0.15, -0.1) is 0 Å². The maximum Gasteiger partial charge on any atom is 0.255 e. The van der Waals surface area contributed by atoms with E-state index < -0.39 is 0 Å². The lowest BCUT2D eigenvalue weighted by Gasteiger charge is -2.09. The average molecular weight is 381 g/mol. The Morgan fingerprint density at radius 3 is 2.44 bits per heavy atom. The van der Waals surface area contributed by atoms with Crippen LogP contribution in [-0.4, -0.2) is 19.6 Å². The molecule has 0 saturated heterocycles. The van der Waals surface area contributed by atoms with Gasteiger partial charge in [0.05, 0.1) is 7.11 Å². The number of halogens is 1. The molecule has 0 aliphatic heterocycles. The van der Waals surface area contributed by atoms with E-state index in [2.05, 4.69) is 16.7 Å². The Balaban J connectivity index is 1.53. The Bertz CT molecular complexity index is 910. The van der Waals surface area contributed by atoms with Gasteiger partial charge in [-0.2, -0.15) is 0 Å². The first-order valence-corrected chi connectivity index (χ1v) is 9.05. The van der Waals surface area contributed by atoms with Crippen molar-refractivity contribution in [2.45, 2.75) is 6.42 Å². The molecule has 2 N–H and O–H groups in total. The molecule has 0 atom stereocenters. The summed E-state index contributed by atoms with van der Waals surface area (Å²) < 4.78 is 5.15. The van der Waals surface area contributed by atoms with Gasteiger partial charge in [0.2, 0.25) is 0 Å². The Kier molecular flexibility index (Phi) is 6.34. The highest BCUT2D eigenvalue weighted by atomic mass is 35.5. The van der Waals surface area contributed by atoms with Crippen LogP contribution in [0.15, 0.2) is 72.8 Å². The third kappa shape index (κ3) is 5.50. The summed E-state index contributed by atoms with van der Waals surface area (Å²) in [5.74, 6) is 0.484. The highest BCUT2D eigenvalue weighted by Gasteiger charge is 2.07. The molecular formula is C22H21ClN2O2. The number of hydrogen-bond donors (Lipinski definition) is 2. The molecule has 0 aliphatic rings. The van der Waals surface area contributed by atoms with E-state index in [0.29, 0.717) is 11.3 Å². The van der Waals surface area contributed by atoms with Gasteiger partial charge < -0.3 is 15.4 Å². The molecule has 5 heteroatoms. The van der Waals surface area contributed by atoms with Gasteiger partial charge in [0, 0.05) is 28.5 Å². The molecular weight excluding hydrogens is 360 g/mol. The van der Waals surface area contributed by atoms with Crippen molar-refractivity contribution in [2.24, 2.45) is 0 Å². The largest absolute Gasteiger partial charge is 0.497 e. The van der Waals surface area contributed by atoms with E-state index in [1.54, 1.807) is 31.4 Å². The standard InChI is InChI=1S/C22H21ClN2O2/c1-27-21-7-3-5-17(15-21)22(26)25-20-10-8-19(9-11-20)24-13-12-16-4-2-6-18(23)14-16/h2-11,14-15,24H,12-13H2,1H3,(H,25,26). The molecule has 3 aromatic rings. The predicted octanol–water partition coefficient (Wildman–Crippen LogP) is 5.26. The third-order valence-electron chi connectivity index (χ3n) is 4.11. The number of hydrogen-bond acceptors (Lipinski definition) is 3. The smallest absolute Gasteiger partial charge is 0.255 e. The van der Waals surface area contributed by atoms with Crippen LogP contribution in [0.25, 0.3) is 0 Å². The van der Waals surface area contributed by atoms with Crippen molar-refractivity contribution >= 4 is 28.9 Å². The van der Waals surface area contributed by atoms with Crippen LogP contribution >= 0.6 is 11.6 Å². The summed E-state index contributed by atoms with van der Waals surface area (Å²) in [6.07, 6.45) is 0.884. The third-order valence-corrected chi connectivity index (χ3v) is 4.34. The number of amides is 1. The lowest BCUT2D eigenvalue weighted by atomic mass is 10.1. The normalized spacial score (nSPS) is 10.3. The fraction of sp³-hybridized carbons (Fsp3) is 0.136. The summed E-state index contributed by atoms with van der Waals surface area (Å²) in [5, 5.41) is 7.01. The van der Waals surface area contributed by atoms with Crippen LogP contribution in [0.4, 0.5) is 11.4 Å². The van der Waals surface area contributed by atoms with Crippen molar-refractivity contribution in [3.8, 4) is 5.75 Å². The van der Waals surface area contributed by atoms with E-state index in [-0.39, 0.29) is 5.91 Å². The van der Waals surface area contributed by atoms with Crippen molar-refractivity contribution in [1.82, 2.24) is 0 Å². The first-order chi connectivity index (χ1) is 13.1. The number of methoxy groups -OCH3 is 1. The number of rotatable bonds is 7. The van der Waals surface area contributed by atoms with E-state index in [0.717, 1.165) is 29.4 Å². The molecule has 0 bridgehead atoms. The van der Waals surface area contributed by atoms with Gasteiger partial charge in [-0.05, 0) is 66.6 Å². The lowest BCUT2D eigenvalue weighted by Crippen LogP contribution is -2.12. The Morgan fingerprint density at radius 2 is 1.70 bits per heavy atom. The number of carbonyl (C=O) groups is 1. The van der Waals surface area contributed by atoms with E-state index >= 15 is 0 Å². The first kappa shape index (κ1) is 18.8. The van der Waals surface area contributed by atoms with Crippen molar-refractivity contribution in [3.05, 3.63) is 88.9 Å². The minimum atomic E-state index is -0.171. The highest BCUT2D eigenvalue weighted by molar-refractivity contribution is 6.30. The van der Waals surface area contributed by atoms with Gasteiger partial charge in [-0.1, -0.05) is 29.8 Å². The lowest BCUT2D eigenvalue weighted by molar-refractivity contribution is 0.102. The Labute approximate surface area is 164 Å². The number of benzene rings is 3. The fourth-order valence-corrected chi connectivity index (χ4v) is 2.90. The molecule has 0 radical (unpaired) electrons. The fourth-order valence-electron chi connectivity index (χ4n) is 2.68. The molecule has 3 aromatic carbocycles. The molecule has 4 nitrogen and oxygen atoms in total.